The minimum absolute atomic E-state index is 0.0612. The number of anilines is 1. The molecule has 0 amide bonds. The Morgan fingerprint density at radius 1 is 1.35 bits per heavy atom. The van der Waals surface area contributed by atoms with E-state index >= 15 is 0 Å². The molecule has 1 fully saturated rings. The average Bonchev–Trinajstić information content (AvgIpc) is 2.92. The fraction of sp³-hybridized carbons (Fsp3) is 0.429. The van der Waals surface area contributed by atoms with Gasteiger partial charge in [0.1, 0.15) is 0 Å². The standard InChI is InChI=1S/C14H19N3/c1-16-9-13(11-5-3-4-6-12(11)16)17(2)10-14(15)7-8-14/h3-6,9H,7-8,10,15H2,1-2H3. The van der Waals surface area contributed by atoms with Crippen LogP contribution in [0.3, 0.4) is 0 Å². The van der Waals surface area contributed by atoms with Crippen molar-refractivity contribution in [2.75, 3.05) is 18.5 Å². The summed E-state index contributed by atoms with van der Waals surface area (Å²) in [5.41, 5.74) is 8.80. The molecule has 1 heterocycles. The van der Waals surface area contributed by atoms with Gasteiger partial charge in [-0.3, -0.25) is 0 Å². The van der Waals surface area contributed by atoms with Crippen molar-refractivity contribution in [1.29, 1.82) is 0 Å². The Morgan fingerprint density at radius 2 is 2.06 bits per heavy atom. The Labute approximate surface area is 102 Å². The van der Waals surface area contributed by atoms with E-state index in [1.54, 1.807) is 0 Å². The number of para-hydroxylation sites is 1. The van der Waals surface area contributed by atoms with E-state index in [1.165, 1.54) is 16.6 Å². The third-order valence-corrected chi connectivity index (χ3v) is 3.73. The Kier molecular flexibility index (Phi) is 2.20. The molecular formula is C14H19N3. The zero-order valence-electron chi connectivity index (χ0n) is 10.5. The van der Waals surface area contributed by atoms with E-state index in [0.29, 0.717) is 0 Å². The van der Waals surface area contributed by atoms with Gasteiger partial charge in [0, 0.05) is 43.3 Å². The minimum Gasteiger partial charge on any atom is -0.371 e. The number of aryl methyl sites for hydroxylation is 1. The number of rotatable bonds is 3. The summed E-state index contributed by atoms with van der Waals surface area (Å²) < 4.78 is 2.18. The van der Waals surface area contributed by atoms with Crippen LogP contribution >= 0.6 is 0 Å². The molecule has 0 spiro atoms. The maximum Gasteiger partial charge on any atom is 0.0624 e. The lowest BCUT2D eigenvalue weighted by atomic mass is 10.2. The van der Waals surface area contributed by atoms with Crippen molar-refractivity contribution < 1.29 is 0 Å². The van der Waals surface area contributed by atoms with Crippen LogP contribution in [0.4, 0.5) is 5.69 Å². The Bertz CT molecular complexity index is 552. The van der Waals surface area contributed by atoms with Gasteiger partial charge in [-0.15, -0.1) is 0 Å². The van der Waals surface area contributed by atoms with Crippen LogP contribution in [0, 0.1) is 0 Å². The van der Waals surface area contributed by atoms with Gasteiger partial charge in [-0.25, -0.2) is 0 Å². The second kappa shape index (κ2) is 3.50. The smallest absolute Gasteiger partial charge is 0.0624 e. The summed E-state index contributed by atoms with van der Waals surface area (Å²) in [6, 6.07) is 8.51. The third-order valence-electron chi connectivity index (χ3n) is 3.73. The SMILES string of the molecule is CN(CC1(N)CC1)c1cn(C)c2ccccc12. The number of fused-ring (bicyclic) bond motifs is 1. The van der Waals surface area contributed by atoms with Crippen LogP contribution < -0.4 is 10.6 Å². The number of nitrogens with zero attached hydrogens (tertiary/aromatic N) is 2. The van der Waals surface area contributed by atoms with Crippen molar-refractivity contribution in [2.24, 2.45) is 12.8 Å². The molecule has 1 aliphatic rings. The predicted molar refractivity (Wildman–Crippen MR) is 72.3 cm³/mol. The Hall–Kier alpha value is -1.48. The van der Waals surface area contributed by atoms with Gasteiger partial charge in [0.15, 0.2) is 0 Å². The van der Waals surface area contributed by atoms with Gasteiger partial charge in [-0.1, -0.05) is 18.2 Å². The molecule has 1 aromatic carbocycles. The van der Waals surface area contributed by atoms with Gasteiger partial charge in [0.05, 0.1) is 5.69 Å². The van der Waals surface area contributed by atoms with Crippen LogP contribution in [0.25, 0.3) is 10.9 Å². The molecule has 0 atom stereocenters. The Morgan fingerprint density at radius 3 is 2.76 bits per heavy atom. The largest absolute Gasteiger partial charge is 0.371 e. The summed E-state index contributed by atoms with van der Waals surface area (Å²) in [7, 11) is 4.23. The quantitative estimate of drug-likeness (QED) is 0.874. The van der Waals surface area contributed by atoms with E-state index < -0.39 is 0 Å². The lowest BCUT2D eigenvalue weighted by Crippen LogP contribution is -2.37. The van der Waals surface area contributed by atoms with Crippen molar-refractivity contribution in [3.63, 3.8) is 0 Å². The van der Waals surface area contributed by atoms with Gasteiger partial charge in [0.25, 0.3) is 0 Å². The van der Waals surface area contributed by atoms with Crippen molar-refractivity contribution in [1.82, 2.24) is 4.57 Å². The van der Waals surface area contributed by atoms with E-state index in [1.807, 2.05) is 0 Å². The Balaban J connectivity index is 1.99. The number of hydrogen-bond donors (Lipinski definition) is 1. The monoisotopic (exact) mass is 229 g/mol. The van der Waals surface area contributed by atoms with E-state index in [2.05, 4.69) is 54.0 Å². The van der Waals surface area contributed by atoms with Gasteiger partial charge < -0.3 is 15.2 Å². The van der Waals surface area contributed by atoms with E-state index in [-0.39, 0.29) is 5.54 Å². The van der Waals surface area contributed by atoms with Gasteiger partial charge in [-0.05, 0) is 18.9 Å². The maximum absolute atomic E-state index is 6.19. The van der Waals surface area contributed by atoms with Gasteiger partial charge in [-0.2, -0.15) is 0 Å². The summed E-state index contributed by atoms with van der Waals surface area (Å²) in [5.74, 6) is 0. The van der Waals surface area contributed by atoms with Crippen molar-refractivity contribution >= 4 is 16.6 Å². The molecule has 0 unspecified atom stereocenters. The minimum atomic E-state index is 0.0612. The fourth-order valence-electron chi connectivity index (χ4n) is 2.50. The first-order valence-electron chi connectivity index (χ1n) is 6.13. The number of aromatic nitrogens is 1. The molecule has 2 aromatic rings. The van der Waals surface area contributed by atoms with E-state index in [0.717, 1.165) is 19.4 Å². The average molecular weight is 229 g/mol. The van der Waals surface area contributed by atoms with Crippen LogP contribution in [-0.4, -0.2) is 23.7 Å². The highest BCUT2D eigenvalue weighted by Crippen LogP contribution is 2.35. The fourth-order valence-corrected chi connectivity index (χ4v) is 2.50. The highest BCUT2D eigenvalue weighted by molar-refractivity contribution is 5.93. The van der Waals surface area contributed by atoms with Gasteiger partial charge in [0.2, 0.25) is 0 Å². The summed E-state index contributed by atoms with van der Waals surface area (Å²) in [5, 5.41) is 1.31. The lowest BCUT2D eigenvalue weighted by Gasteiger charge is -2.22. The molecule has 2 N–H and O–H groups in total. The number of benzene rings is 1. The van der Waals surface area contributed by atoms with Crippen LogP contribution in [0.2, 0.25) is 0 Å². The molecule has 3 nitrogen and oxygen atoms in total. The van der Waals surface area contributed by atoms with E-state index in [9.17, 15) is 0 Å². The van der Waals surface area contributed by atoms with Crippen molar-refractivity contribution in [3.8, 4) is 0 Å². The van der Waals surface area contributed by atoms with Gasteiger partial charge >= 0.3 is 0 Å². The topological polar surface area (TPSA) is 34.2 Å². The summed E-state index contributed by atoms with van der Waals surface area (Å²) in [6.45, 7) is 0.945. The molecular weight excluding hydrogens is 210 g/mol. The molecule has 0 aliphatic heterocycles. The van der Waals surface area contributed by atoms with Crippen molar-refractivity contribution in [3.05, 3.63) is 30.5 Å². The highest BCUT2D eigenvalue weighted by Gasteiger charge is 2.39. The molecule has 0 radical (unpaired) electrons. The molecule has 90 valence electrons. The highest BCUT2D eigenvalue weighted by atomic mass is 15.2. The maximum atomic E-state index is 6.19. The van der Waals surface area contributed by atoms with Crippen molar-refractivity contribution in [2.45, 2.75) is 18.4 Å². The molecule has 3 rings (SSSR count). The molecule has 1 aromatic heterocycles. The molecule has 17 heavy (non-hydrogen) atoms. The van der Waals surface area contributed by atoms with Crippen LogP contribution in [-0.2, 0) is 7.05 Å². The summed E-state index contributed by atoms with van der Waals surface area (Å²) in [4.78, 5) is 2.29. The summed E-state index contributed by atoms with van der Waals surface area (Å²) in [6.07, 6.45) is 4.50. The zero-order chi connectivity index (χ0) is 12.0. The van der Waals surface area contributed by atoms with Crippen LogP contribution in [0.15, 0.2) is 30.5 Å². The number of nitrogens with two attached hydrogens (primary N) is 1. The predicted octanol–water partition coefficient (Wildman–Crippen LogP) is 2.11. The van der Waals surface area contributed by atoms with E-state index in [4.69, 9.17) is 5.73 Å². The summed E-state index contributed by atoms with van der Waals surface area (Å²) >= 11 is 0. The molecule has 1 saturated carbocycles. The molecule has 0 bridgehead atoms. The third kappa shape index (κ3) is 1.80. The lowest BCUT2D eigenvalue weighted by molar-refractivity contribution is 0.661. The molecule has 3 heteroatoms. The number of hydrogen-bond acceptors (Lipinski definition) is 2. The van der Waals surface area contributed by atoms with Crippen LogP contribution in [0.1, 0.15) is 12.8 Å². The second-order valence-electron chi connectivity index (χ2n) is 5.36. The molecule has 0 saturated heterocycles. The second-order valence-corrected chi connectivity index (χ2v) is 5.36. The normalized spacial score (nSPS) is 17.4. The molecule has 1 aliphatic carbocycles. The first-order chi connectivity index (χ1) is 8.09. The first kappa shape index (κ1) is 10.7. The zero-order valence-corrected chi connectivity index (χ0v) is 10.5. The first-order valence-corrected chi connectivity index (χ1v) is 6.13. The number of likely N-dealkylation sites (N-methyl/N-ethyl adjacent to an activating group) is 1. The van der Waals surface area contributed by atoms with Crippen LogP contribution in [0.5, 0.6) is 0 Å².